The number of nitrogens with one attached hydrogen (secondary N) is 1. The highest BCUT2D eigenvalue weighted by molar-refractivity contribution is 6.06. The summed E-state index contributed by atoms with van der Waals surface area (Å²) in [7, 11) is 6.13. The average molecular weight is 495 g/mol. The Labute approximate surface area is 206 Å². The van der Waals surface area contributed by atoms with Crippen LogP contribution in [0.2, 0.25) is 0 Å². The lowest BCUT2D eigenvalue weighted by Gasteiger charge is -2.11. The highest BCUT2D eigenvalue weighted by atomic mass is 16.5. The van der Waals surface area contributed by atoms with E-state index in [4.69, 9.17) is 29.1 Å². The Balaban J connectivity index is 1.56. The van der Waals surface area contributed by atoms with Gasteiger partial charge < -0.3 is 34.4 Å². The van der Waals surface area contributed by atoms with Crippen LogP contribution in [0.3, 0.4) is 0 Å². The quantitative estimate of drug-likeness (QED) is 0.355. The van der Waals surface area contributed by atoms with Crippen LogP contribution in [0.4, 0.5) is 11.5 Å². The number of rotatable bonds is 9. The first-order valence-corrected chi connectivity index (χ1v) is 10.8. The number of aryl methyl sites for hydroxylation is 1. The maximum atomic E-state index is 12.9. The predicted molar refractivity (Wildman–Crippen MR) is 131 cm³/mol. The van der Waals surface area contributed by atoms with Gasteiger partial charge in [-0.05, 0) is 31.2 Å². The number of methoxy groups -OCH3 is 4. The van der Waals surface area contributed by atoms with Gasteiger partial charge in [-0.1, -0.05) is 11.3 Å². The number of nitrogens with two attached hydrogens (primary N) is 1. The van der Waals surface area contributed by atoms with Crippen molar-refractivity contribution in [2.75, 3.05) is 39.5 Å². The molecule has 12 nitrogen and oxygen atoms in total. The van der Waals surface area contributed by atoms with Gasteiger partial charge in [-0.25, -0.2) is 9.67 Å². The minimum Gasteiger partial charge on any atom is -0.497 e. The molecule has 0 aliphatic rings. The van der Waals surface area contributed by atoms with E-state index < -0.39 is 5.91 Å². The van der Waals surface area contributed by atoms with Crippen LogP contribution < -0.4 is 30.0 Å². The van der Waals surface area contributed by atoms with Gasteiger partial charge in [0.05, 0.1) is 46.2 Å². The zero-order valence-electron chi connectivity index (χ0n) is 20.5. The molecule has 0 fully saturated rings. The highest BCUT2D eigenvalue weighted by Gasteiger charge is 2.22. The maximum Gasteiger partial charge on any atom is 0.280 e. The molecule has 0 aliphatic carbocycles. The van der Waals surface area contributed by atoms with Crippen LogP contribution in [0.25, 0.3) is 11.5 Å². The topological polar surface area (TPSA) is 149 Å². The maximum absolute atomic E-state index is 12.9. The molecule has 3 N–H and O–H groups in total. The van der Waals surface area contributed by atoms with Crippen molar-refractivity contribution >= 4 is 17.4 Å². The number of carbonyl (C=O) groups is 1. The Morgan fingerprint density at radius 3 is 2.53 bits per heavy atom. The number of nitrogen functional groups attached to an aromatic ring is 1. The first-order valence-electron chi connectivity index (χ1n) is 10.8. The predicted octanol–water partition coefficient (Wildman–Crippen LogP) is 3.16. The summed E-state index contributed by atoms with van der Waals surface area (Å²) in [6.45, 7) is 1.91. The second-order valence-corrected chi connectivity index (χ2v) is 7.56. The van der Waals surface area contributed by atoms with Gasteiger partial charge in [0.25, 0.3) is 5.91 Å². The van der Waals surface area contributed by atoms with E-state index in [1.54, 1.807) is 52.5 Å². The molecule has 0 saturated heterocycles. The first-order chi connectivity index (χ1) is 17.4. The number of carbonyl (C=O) groups excluding carboxylic acids is 1. The third kappa shape index (κ3) is 4.60. The van der Waals surface area contributed by atoms with Crippen molar-refractivity contribution in [2.45, 2.75) is 13.5 Å². The third-order valence-corrected chi connectivity index (χ3v) is 5.47. The number of nitrogens with zero attached hydrogens (tertiary/aromatic N) is 4. The molecule has 0 unspecified atom stereocenters. The van der Waals surface area contributed by atoms with Gasteiger partial charge in [-0.3, -0.25) is 4.79 Å². The molecule has 2 aromatic heterocycles. The van der Waals surface area contributed by atoms with E-state index in [0.29, 0.717) is 51.6 Å². The molecular formula is C24H26N6O6. The van der Waals surface area contributed by atoms with Crippen LogP contribution in [0.5, 0.6) is 23.0 Å². The molecule has 0 aliphatic heterocycles. The van der Waals surface area contributed by atoms with E-state index in [1.807, 2.05) is 12.1 Å². The number of anilines is 2. The van der Waals surface area contributed by atoms with Crippen LogP contribution in [-0.4, -0.2) is 54.3 Å². The minimum atomic E-state index is -0.541. The van der Waals surface area contributed by atoms with Gasteiger partial charge in [0.2, 0.25) is 5.89 Å². The summed E-state index contributed by atoms with van der Waals surface area (Å²) in [6.07, 6.45) is 0. The van der Waals surface area contributed by atoms with Crippen molar-refractivity contribution in [3.8, 4) is 34.5 Å². The van der Waals surface area contributed by atoms with Gasteiger partial charge >= 0.3 is 0 Å². The second-order valence-electron chi connectivity index (χ2n) is 7.56. The lowest BCUT2D eigenvalue weighted by molar-refractivity contribution is 0.102. The number of aromatic nitrogens is 4. The standard InChI is InChI=1S/C24H26N6O6/c1-13-17(27-24(36-13)15-7-6-8-18(33-3)21(15)35-5)12-30-22(25)20(28-29-30)23(31)26-16-10-9-14(32-2)11-19(16)34-4/h6-11H,12,25H2,1-5H3,(H,26,31). The summed E-state index contributed by atoms with van der Waals surface area (Å²) < 4.78 is 28.6. The number of ether oxygens (including phenoxy) is 4. The summed E-state index contributed by atoms with van der Waals surface area (Å²) >= 11 is 0. The van der Waals surface area contributed by atoms with E-state index in [1.165, 1.54) is 11.8 Å². The molecule has 0 saturated carbocycles. The molecule has 4 aromatic rings. The van der Waals surface area contributed by atoms with Crippen molar-refractivity contribution < 1.29 is 28.2 Å². The zero-order valence-corrected chi connectivity index (χ0v) is 20.5. The molecule has 0 atom stereocenters. The van der Waals surface area contributed by atoms with Crippen molar-refractivity contribution in [3.63, 3.8) is 0 Å². The molecular weight excluding hydrogens is 468 g/mol. The Hall–Kier alpha value is -4.74. The number of hydrogen-bond donors (Lipinski definition) is 2. The second kappa shape index (κ2) is 10.3. The fourth-order valence-corrected chi connectivity index (χ4v) is 3.57. The zero-order chi connectivity index (χ0) is 25.8. The van der Waals surface area contributed by atoms with Crippen LogP contribution in [0.1, 0.15) is 21.9 Å². The highest BCUT2D eigenvalue weighted by Crippen LogP contribution is 2.38. The Morgan fingerprint density at radius 2 is 1.83 bits per heavy atom. The summed E-state index contributed by atoms with van der Waals surface area (Å²) in [5.74, 6) is 2.50. The van der Waals surface area contributed by atoms with Crippen LogP contribution in [-0.2, 0) is 6.54 Å². The van der Waals surface area contributed by atoms with Crippen molar-refractivity contribution in [3.05, 3.63) is 53.5 Å². The van der Waals surface area contributed by atoms with Gasteiger partial charge in [-0.2, -0.15) is 0 Å². The smallest absolute Gasteiger partial charge is 0.280 e. The minimum absolute atomic E-state index is 0.0382. The molecule has 12 heteroatoms. The average Bonchev–Trinajstić information content (AvgIpc) is 3.45. The number of amides is 1. The van der Waals surface area contributed by atoms with Crippen LogP contribution in [0.15, 0.2) is 40.8 Å². The Morgan fingerprint density at radius 1 is 1.06 bits per heavy atom. The van der Waals surface area contributed by atoms with E-state index in [9.17, 15) is 4.79 Å². The Kier molecular flexibility index (Phi) is 6.95. The fraction of sp³-hybridized carbons (Fsp3) is 0.250. The van der Waals surface area contributed by atoms with Crippen LogP contribution in [0, 0.1) is 6.92 Å². The molecule has 36 heavy (non-hydrogen) atoms. The van der Waals surface area contributed by atoms with Gasteiger partial charge in [0.1, 0.15) is 23.0 Å². The van der Waals surface area contributed by atoms with Crippen molar-refractivity contribution in [1.82, 2.24) is 20.0 Å². The number of para-hydroxylation sites is 1. The molecule has 0 spiro atoms. The molecule has 188 valence electrons. The van der Waals surface area contributed by atoms with E-state index in [0.717, 1.165) is 0 Å². The third-order valence-electron chi connectivity index (χ3n) is 5.47. The lowest BCUT2D eigenvalue weighted by atomic mass is 10.2. The Bertz CT molecular complexity index is 1400. The molecule has 0 radical (unpaired) electrons. The van der Waals surface area contributed by atoms with Crippen molar-refractivity contribution in [2.24, 2.45) is 0 Å². The summed E-state index contributed by atoms with van der Waals surface area (Å²) in [4.78, 5) is 17.4. The van der Waals surface area contributed by atoms with Gasteiger partial charge in [0, 0.05) is 6.07 Å². The first kappa shape index (κ1) is 24.4. The van der Waals surface area contributed by atoms with Crippen molar-refractivity contribution in [1.29, 1.82) is 0 Å². The largest absolute Gasteiger partial charge is 0.497 e. The number of hydrogen-bond acceptors (Lipinski definition) is 10. The SMILES string of the molecule is COc1ccc(NC(=O)c2nnn(Cc3nc(-c4cccc(OC)c4OC)oc3C)c2N)c(OC)c1. The summed E-state index contributed by atoms with van der Waals surface area (Å²) in [6, 6.07) is 10.4. The van der Waals surface area contributed by atoms with Gasteiger partial charge in [0.15, 0.2) is 23.0 Å². The number of oxazole rings is 1. The number of benzene rings is 2. The summed E-state index contributed by atoms with van der Waals surface area (Å²) in [5, 5.41) is 10.7. The fourth-order valence-electron chi connectivity index (χ4n) is 3.57. The molecule has 0 bridgehead atoms. The van der Waals surface area contributed by atoms with E-state index in [2.05, 4.69) is 20.6 Å². The van der Waals surface area contributed by atoms with Crippen LogP contribution >= 0.6 is 0 Å². The van der Waals surface area contributed by atoms with Gasteiger partial charge in [-0.15, -0.1) is 5.10 Å². The lowest BCUT2D eigenvalue weighted by Crippen LogP contribution is -2.16. The molecule has 4 rings (SSSR count). The molecule has 1 amide bonds. The molecule has 2 heterocycles. The molecule has 2 aromatic carbocycles. The normalized spacial score (nSPS) is 10.7. The monoisotopic (exact) mass is 494 g/mol. The van der Waals surface area contributed by atoms with E-state index in [-0.39, 0.29) is 18.1 Å². The summed E-state index contributed by atoms with van der Waals surface area (Å²) in [5.41, 5.74) is 7.79. The van der Waals surface area contributed by atoms with E-state index >= 15 is 0 Å².